The van der Waals surface area contributed by atoms with Gasteiger partial charge in [-0.3, -0.25) is 4.79 Å². The van der Waals surface area contributed by atoms with Gasteiger partial charge < -0.3 is 19.5 Å². The number of halogens is 4. The maximum absolute atomic E-state index is 14.9. The second-order valence-electron chi connectivity index (χ2n) is 10.7. The summed E-state index contributed by atoms with van der Waals surface area (Å²) in [6, 6.07) is 3.17. The van der Waals surface area contributed by atoms with Crippen LogP contribution in [0.4, 0.5) is 29.1 Å². The monoisotopic (exact) mass is 517 g/mol. The van der Waals surface area contributed by atoms with E-state index in [0.717, 1.165) is 6.07 Å². The predicted octanol–water partition coefficient (Wildman–Crippen LogP) is 4.64. The molecule has 3 aliphatic rings. The number of hydrogen-bond acceptors (Lipinski definition) is 6. The molecule has 11 heteroatoms. The summed E-state index contributed by atoms with van der Waals surface area (Å²) in [6.45, 7) is 5.21. The number of ether oxygens (including phenoxy) is 1. The standard InChI is InChI=1S/C26H27F4N5O2/c1-14(16-4-3-5-17(19(16)28)22(29)30)31-23-18-8-35(26(9-27)6-7-26)24(36)21(20(18)32-15(2)33-23)34-10-25(11-34)12-37-13-25/h3-5,8,14,22H,6-7,9-13H2,1-2H3,(H,31,32,33)/t14-/m1/s1. The van der Waals surface area contributed by atoms with Crippen LogP contribution in [0.3, 0.4) is 0 Å². The number of aryl methyl sites for hydroxylation is 1. The summed E-state index contributed by atoms with van der Waals surface area (Å²) in [5.74, 6) is -0.270. The lowest BCUT2D eigenvalue weighted by Crippen LogP contribution is -2.67. The highest BCUT2D eigenvalue weighted by Crippen LogP contribution is 2.46. The zero-order chi connectivity index (χ0) is 26.1. The summed E-state index contributed by atoms with van der Waals surface area (Å²) in [5, 5.41) is 3.63. The summed E-state index contributed by atoms with van der Waals surface area (Å²) < 4.78 is 62.4. The van der Waals surface area contributed by atoms with E-state index >= 15 is 0 Å². The lowest BCUT2D eigenvalue weighted by atomic mass is 9.77. The predicted molar refractivity (Wildman–Crippen MR) is 131 cm³/mol. The minimum absolute atomic E-state index is 0.0295. The molecule has 1 N–H and O–H groups in total. The Bertz CT molecular complexity index is 1440. The number of nitrogens with one attached hydrogen (secondary N) is 1. The molecular formula is C26H27F4N5O2. The smallest absolute Gasteiger partial charge is 0.276 e. The topological polar surface area (TPSA) is 72.3 Å². The first-order valence-electron chi connectivity index (χ1n) is 12.3. The molecule has 196 valence electrons. The van der Waals surface area contributed by atoms with Gasteiger partial charge >= 0.3 is 0 Å². The molecule has 7 nitrogen and oxygen atoms in total. The molecule has 1 atom stereocenters. The number of anilines is 2. The molecule has 1 spiro atoms. The molecule has 1 aliphatic carbocycles. The second kappa shape index (κ2) is 8.41. The Morgan fingerprint density at radius 1 is 1.16 bits per heavy atom. The SMILES string of the molecule is Cc1nc(N[C@H](C)c2cccc(C(F)F)c2F)c2cn(C3(CF)CC3)c(=O)c(N3CC4(COC4)C3)c2n1. The third-order valence-electron chi connectivity index (χ3n) is 7.85. The van der Waals surface area contributed by atoms with Gasteiger partial charge in [-0.25, -0.2) is 27.5 Å². The van der Waals surface area contributed by atoms with Crippen molar-refractivity contribution < 1.29 is 22.3 Å². The van der Waals surface area contributed by atoms with Gasteiger partial charge in [-0.1, -0.05) is 18.2 Å². The third-order valence-corrected chi connectivity index (χ3v) is 7.85. The molecule has 1 saturated carbocycles. The maximum atomic E-state index is 14.9. The Hall–Kier alpha value is -3.21. The van der Waals surface area contributed by atoms with Crippen molar-refractivity contribution >= 4 is 22.4 Å². The molecule has 2 aliphatic heterocycles. The first kappa shape index (κ1) is 24.1. The summed E-state index contributed by atoms with van der Waals surface area (Å²) in [4.78, 5) is 24.8. The molecule has 0 bridgehead atoms. The number of rotatable bonds is 7. The largest absolute Gasteiger partial charge is 0.380 e. The molecule has 1 aromatic carbocycles. The quantitative estimate of drug-likeness (QED) is 0.461. The Morgan fingerprint density at radius 2 is 1.86 bits per heavy atom. The summed E-state index contributed by atoms with van der Waals surface area (Å²) >= 11 is 0. The molecule has 0 unspecified atom stereocenters. The minimum Gasteiger partial charge on any atom is -0.380 e. The molecule has 2 saturated heterocycles. The van der Waals surface area contributed by atoms with Crippen LogP contribution in [-0.2, 0) is 10.3 Å². The van der Waals surface area contributed by atoms with E-state index in [-0.39, 0.29) is 16.5 Å². The van der Waals surface area contributed by atoms with Crippen LogP contribution in [0.1, 0.15) is 49.2 Å². The van der Waals surface area contributed by atoms with Gasteiger partial charge in [-0.2, -0.15) is 0 Å². The Balaban J connectivity index is 1.47. The van der Waals surface area contributed by atoms with Crippen LogP contribution in [0.5, 0.6) is 0 Å². The molecule has 0 amide bonds. The number of benzene rings is 1. The van der Waals surface area contributed by atoms with Crippen molar-refractivity contribution in [1.82, 2.24) is 14.5 Å². The van der Waals surface area contributed by atoms with E-state index in [1.54, 1.807) is 20.0 Å². The highest BCUT2D eigenvalue weighted by atomic mass is 19.3. The summed E-state index contributed by atoms with van der Waals surface area (Å²) in [5.41, 5.74) is -0.957. The normalized spacial score (nSPS) is 20.1. The molecule has 2 aromatic heterocycles. The summed E-state index contributed by atoms with van der Waals surface area (Å²) in [7, 11) is 0. The van der Waals surface area contributed by atoms with Crippen molar-refractivity contribution in [2.45, 2.75) is 44.7 Å². The number of nitrogens with zero attached hydrogens (tertiary/aromatic N) is 4. The van der Waals surface area contributed by atoms with E-state index in [2.05, 4.69) is 15.3 Å². The van der Waals surface area contributed by atoms with Gasteiger partial charge in [0.2, 0.25) is 0 Å². The second-order valence-corrected chi connectivity index (χ2v) is 10.7. The zero-order valence-corrected chi connectivity index (χ0v) is 20.5. The van der Waals surface area contributed by atoms with Gasteiger partial charge in [-0.05, 0) is 26.7 Å². The van der Waals surface area contributed by atoms with Gasteiger partial charge in [0.1, 0.15) is 35.3 Å². The van der Waals surface area contributed by atoms with E-state index in [9.17, 15) is 22.4 Å². The number of aromatic nitrogens is 3. The van der Waals surface area contributed by atoms with Crippen molar-refractivity contribution in [3.63, 3.8) is 0 Å². The van der Waals surface area contributed by atoms with Crippen LogP contribution in [0, 0.1) is 18.2 Å². The lowest BCUT2D eigenvalue weighted by molar-refractivity contribution is -0.127. The van der Waals surface area contributed by atoms with Crippen LogP contribution in [-0.4, -0.2) is 47.5 Å². The molecule has 3 fully saturated rings. The average molecular weight is 518 g/mol. The average Bonchev–Trinajstić information content (AvgIpc) is 3.59. The van der Waals surface area contributed by atoms with Gasteiger partial charge in [0.15, 0.2) is 0 Å². The molecular weight excluding hydrogens is 490 g/mol. The van der Waals surface area contributed by atoms with Gasteiger partial charge in [-0.15, -0.1) is 0 Å². The fourth-order valence-corrected chi connectivity index (χ4v) is 5.47. The van der Waals surface area contributed by atoms with Crippen LogP contribution < -0.4 is 15.8 Å². The van der Waals surface area contributed by atoms with Crippen LogP contribution >= 0.6 is 0 Å². The van der Waals surface area contributed by atoms with Crippen LogP contribution in [0.15, 0.2) is 29.2 Å². The van der Waals surface area contributed by atoms with E-state index < -0.39 is 36.1 Å². The first-order valence-corrected chi connectivity index (χ1v) is 12.3. The lowest BCUT2D eigenvalue weighted by Gasteiger charge is -2.55. The number of pyridine rings is 1. The molecule has 4 heterocycles. The van der Waals surface area contributed by atoms with Crippen LogP contribution in [0.2, 0.25) is 0 Å². The van der Waals surface area contributed by atoms with Crippen molar-refractivity contribution in [1.29, 1.82) is 0 Å². The van der Waals surface area contributed by atoms with E-state index in [1.165, 1.54) is 16.7 Å². The number of alkyl halides is 3. The minimum atomic E-state index is -2.94. The molecule has 3 aromatic rings. The Morgan fingerprint density at radius 3 is 2.46 bits per heavy atom. The highest BCUT2D eigenvalue weighted by molar-refractivity contribution is 5.97. The van der Waals surface area contributed by atoms with Gasteiger partial charge in [0, 0.05) is 24.8 Å². The Labute approximate surface area is 210 Å². The summed E-state index contributed by atoms with van der Waals surface area (Å²) in [6.07, 6.45) is -0.272. The zero-order valence-electron chi connectivity index (χ0n) is 20.5. The third kappa shape index (κ3) is 3.77. The number of fused-ring (bicyclic) bond motifs is 1. The van der Waals surface area contributed by atoms with Gasteiger partial charge in [0.05, 0.1) is 41.2 Å². The van der Waals surface area contributed by atoms with Crippen molar-refractivity contribution in [2.24, 2.45) is 5.41 Å². The highest BCUT2D eigenvalue weighted by Gasteiger charge is 2.51. The van der Waals surface area contributed by atoms with Crippen LogP contribution in [0.25, 0.3) is 10.9 Å². The Kier molecular flexibility index (Phi) is 5.48. The molecule has 0 radical (unpaired) electrons. The van der Waals surface area contributed by atoms with Crippen molar-refractivity contribution in [2.75, 3.05) is 43.2 Å². The molecule has 37 heavy (non-hydrogen) atoms. The van der Waals surface area contributed by atoms with E-state index in [4.69, 9.17) is 4.74 Å². The molecule has 6 rings (SSSR count). The number of hydrogen-bond donors (Lipinski definition) is 1. The van der Waals surface area contributed by atoms with E-state index in [0.29, 0.717) is 67.4 Å². The fourth-order valence-electron chi connectivity index (χ4n) is 5.47. The fraction of sp³-hybridized carbons (Fsp3) is 0.500. The van der Waals surface area contributed by atoms with Crippen molar-refractivity contribution in [3.05, 3.63) is 57.5 Å². The van der Waals surface area contributed by atoms with E-state index in [1.807, 2.05) is 4.90 Å². The maximum Gasteiger partial charge on any atom is 0.276 e. The first-order chi connectivity index (χ1) is 17.7. The van der Waals surface area contributed by atoms with Gasteiger partial charge in [0.25, 0.3) is 12.0 Å². The van der Waals surface area contributed by atoms with Crippen molar-refractivity contribution in [3.8, 4) is 0 Å².